The van der Waals surface area contributed by atoms with Crippen molar-refractivity contribution in [2.75, 3.05) is 0 Å². The van der Waals surface area contributed by atoms with Crippen LogP contribution < -0.4 is 9.13 Å². The lowest BCUT2D eigenvalue weighted by atomic mass is 9.64. The highest BCUT2D eigenvalue weighted by Crippen LogP contribution is 2.48. The summed E-state index contributed by atoms with van der Waals surface area (Å²) >= 11 is 0. The predicted octanol–water partition coefficient (Wildman–Crippen LogP) is 8.51. The Balaban J connectivity index is 1.67. The van der Waals surface area contributed by atoms with Gasteiger partial charge in [-0.2, -0.15) is 9.13 Å². The molecule has 0 amide bonds. The average Bonchev–Trinajstić information content (AvgIpc) is 3.02. The lowest BCUT2D eigenvalue weighted by Gasteiger charge is -2.44. The predicted molar refractivity (Wildman–Crippen MR) is 166 cm³/mol. The number of pyridine rings is 2. The van der Waals surface area contributed by atoms with E-state index in [1.54, 1.807) is 0 Å². The Labute approximate surface area is 238 Å². The van der Waals surface area contributed by atoms with Crippen LogP contribution in [0, 0.1) is 6.92 Å². The van der Waals surface area contributed by atoms with Crippen molar-refractivity contribution in [3.05, 3.63) is 139 Å². The summed E-state index contributed by atoms with van der Waals surface area (Å²) in [7, 11) is 0. The summed E-state index contributed by atoms with van der Waals surface area (Å²) < 4.78 is 5.11. The van der Waals surface area contributed by atoms with Crippen LogP contribution in [-0.4, -0.2) is 0 Å². The van der Waals surface area contributed by atoms with Crippen molar-refractivity contribution < 1.29 is 9.13 Å². The first kappa shape index (κ1) is 26.0. The Morgan fingerprint density at radius 2 is 1.43 bits per heavy atom. The standard InChI is InChI=1S/C38H38N2/c1-6-29-27-31(30-16-10-9-11-17-30)21-22-32(29)36-26-28(4)23-25-40(36)38(8-3)34-19-13-12-18-33(34)35-20-14-15-24-39(35)37(38,5)7-2/h6,9-27H,1,7-8H2,2-5H3/q+2. The maximum absolute atomic E-state index is 4.25. The molecular weight excluding hydrogens is 484 g/mol. The van der Waals surface area contributed by atoms with Crippen LogP contribution in [0.3, 0.4) is 0 Å². The number of fused-ring (bicyclic) bond motifs is 3. The van der Waals surface area contributed by atoms with Gasteiger partial charge in [0.2, 0.25) is 16.9 Å². The minimum Gasteiger partial charge on any atom is -0.185 e. The molecule has 2 aromatic heterocycles. The van der Waals surface area contributed by atoms with E-state index >= 15 is 0 Å². The van der Waals surface area contributed by atoms with E-state index in [-0.39, 0.29) is 11.1 Å². The topological polar surface area (TPSA) is 7.76 Å². The van der Waals surface area contributed by atoms with Crippen molar-refractivity contribution in [3.8, 4) is 33.6 Å². The van der Waals surface area contributed by atoms with E-state index in [9.17, 15) is 0 Å². The SMILES string of the molecule is C=Cc1cc(-c2ccccc2)ccc1-c1cc(C)cc[n+]1C1(CC)c2ccccc2-c2cccc[n+]2C1(C)CC. The Morgan fingerprint density at radius 1 is 0.675 bits per heavy atom. The smallest absolute Gasteiger partial charge is 0.185 e. The van der Waals surface area contributed by atoms with Gasteiger partial charge in [-0.05, 0) is 53.4 Å². The van der Waals surface area contributed by atoms with Gasteiger partial charge in [0.25, 0.3) is 5.54 Å². The number of benzene rings is 3. The third-order valence-corrected chi connectivity index (χ3v) is 9.31. The van der Waals surface area contributed by atoms with E-state index in [1.807, 2.05) is 6.08 Å². The molecule has 0 bridgehead atoms. The molecule has 0 aliphatic carbocycles. The molecule has 6 rings (SSSR count). The molecule has 3 aromatic carbocycles. The molecule has 2 nitrogen and oxygen atoms in total. The molecule has 0 spiro atoms. The molecule has 3 heterocycles. The summed E-state index contributed by atoms with van der Waals surface area (Å²) in [6.45, 7) is 13.6. The van der Waals surface area contributed by atoms with Crippen molar-refractivity contribution in [2.24, 2.45) is 0 Å². The number of hydrogen-bond acceptors (Lipinski definition) is 0. The first-order valence-corrected chi connectivity index (χ1v) is 14.4. The Bertz CT molecular complexity index is 1720. The Hall–Kier alpha value is -4.30. The molecule has 1 aliphatic heterocycles. The Morgan fingerprint density at radius 3 is 2.17 bits per heavy atom. The first-order valence-electron chi connectivity index (χ1n) is 14.4. The van der Waals surface area contributed by atoms with Crippen molar-refractivity contribution >= 4 is 6.08 Å². The normalized spacial score (nSPS) is 19.5. The number of aromatic nitrogens is 2. The van der Waals surface area contributed by atoms with Crippen molar-refractivity contribution in [3.63, 3.8) is 0 Å². The molecule has 2 heteroatoms. The van der Waals surface area contributed by atoms with Gasteiger partial charge in [-0.25, -0.2) is 0 Å². The lowest BCUT2D eigenvalue weighted by molar-refractivity contribution is -0.864. The summed E-state index contributed by atoms with van der Waals surface area (Å²) in [6.07, 6.45) is 8.54. The van der Waals surface area contributed by atoms with Gasteiger partial charge in [0.1, 0.15) is 0 Å². The second-order valence-electron chi connectivity index (χ2n) is 11.2. The molecule has 0 saturated carbocycles. The number of aryl methyl sites for hydroxylation is 1. The fourth-order valence-electron chi connectivity index (χ4n) is 7.16. The third-order valence-electron chi connectivity index (χ3n) is 9.31. The maximum Gasteiger partial charge on any atom is 0.257 e. The molecule has 2 atom stereocenters. The molecule has 5 aromatic rings. The van der Waals surface area contributed by atoms with Crippen LogP contribution in [0.25, 0.3) is 39.7 Å². The molecule has 0 radical (unpaired) electrons. The summed E-state index contributed by atoms with van der Waals surface area (Å²) in [4.78, 5) is 0. The molecular formula is C38H38N2+2. The summed E-state index contributed by atoms with van der Waals surface area (Å²) in [5.74, 6) is 0. The van der Waals surface area contributed by atoms with Crippen molar-refractivity contribution in [1.29, 1.82) is 0 Å². The molecule has 0 saturated heterocycles. The van der Waals surface area contributed by atoms with Crippen LogP contribution in [0.5, 0.6) is 0 Å². The highest BCUT2D eigenvalue weighted by molar-refractivity contribution is 5.77. The lowest BCUT2D eigenvalue weighted by Crippen LogP contribution is -2.78. The molecule has 0 fully saturated rings. The van der Waals surface area contributed by atoms with Crippen molar-refractivity contribution in [2.45, 2.75) is 51.6 Å². The van der Waals surface area contributed by atoms with Crippen molar-refractivity contribution in [1.82, 2.24) is 0 Å². The van der Waals surface area contributed by atoms with Crippen LogP contribution in [0.15, 0.2) is 122 Å². The van der Waals surface area contributed by atoms with E-state index in [0.717, 1.165) is 18.4 Å². The van der Waals surface area contributed by atoms with Crippen LogP contribution in [0.4, 0.5) is 0 Å². The fourth-order valence-corrected chi connectivity index (χ4v) is 7.16. The minimum atomic E-state index is -0.322. The van der Waals surface area contributed by atoms with E-state index in [2.05, 4.69) is 159 Å². The maximum atomic E-state index is 4.25. The zero-order valence-corrected chi connectivity index (χ0v) is 24.1. The summed E-state index contributed by atoms with van der Waals surface area (Å²) in [6, 6.07) is 37.6. The average molecular weight is 523 g/mol. The van der Waals surface area contributed by atoms with E-state index in [1.165, 1.54) is 44.8 Å². The van der Waals surface area contributed by atoms with Gasteiger partial charge < -0.3 is 0 Å². The highest BCUT2D eigenvalue weighted by atomic mass is 15.2. The summed E-state index contributed by atoms with van der Waals surface area (Å²) in [5.41, 5.74) is 10.6. The van der Waals surface area contributed by atoms with Crippen LogP contribution in [0.2, 0.25) is 0 Å². The van der Waals surface area contributed by atoms with Crippen LogP contribution in [-0.2, 0) is 11.1 Å². The van der Waals surface area contributed by atoms with Gasteiger partial charge >= 0.3 is 0 Å². The van der Waals surface area contributed by atoms with Gasteiger partial charge in [0.05, 0.1) is 11.1 Å². The monoisotopic (exact) mass is 522 g/mol. The molecule has 0 N–H and O–H groups in total. The van der Waals surface area contributed by atoms with Crippen LogP contribution >= 0.6 is 0 Å². The van der Waals surface area contributed by atoms with E-state index in [4.69, 9.17) is 0 Å². The third kappa shape index (κ3) is 3.70. The van der Waals surface area contributed by atoms with Gasteiger partial charge in [-0.3, -0.25) is 0 Å². The zero-order valence-electron chi connectivity index (χ0n) is 24.1. The number of nitrogens with zero attached hydrogens (tertiary/aromatic N) is 2. The summed E-state index contributed by atoms with van der Waals surface area (Å²) in [5, 5.41) is 0. The first-order chi connectivity index (χ1) is 19.5. The zero-order chi connectivity index (χ0) is 27.9. The fraction of sp³-hybridized carbons (Fsp3) is 0.211. The van der Waals surface area contributed by atoms with Gasteiger partial charge in [-0.15, -0.1) is 0 Å². The second kappa shape index (κ2) is 10.0. The Kier molecular flexibility index (Phi) is 6.50. The molecule has 2 unspecified atom stereocenters. The number of hydrogen-bond donors (Lipinski definition) is 0. The van der Waals surface area contributed by atoms with Gasteiger partial charge in [0, 0.05) is 49.6 Å². The van der Waals surface area contributed by atoms with E-state index < -0.39 is 0 Å². The van der Waals surface area contributed by atoms with Gasteiger partial charge in [0.15, 0.2) is 12.4 Å². The molecule has 198 valence electrons. The second-order valence-corrected chi connectivity index (χ2v) is 11.2. The van der Waals surface area contributed by atoms with Crippen LogP contribution in [0.1, 0.15) is 50.3 Å². The number of rotatable bonds is 6. The van der Waals surface area contributed by atoms with E-state index in [0.29, 0.717) is 0 Å². The largest absolute Gasteiger partial charge is 0.257 e. The highest BCUT2D eigenvalue weighted by Gasteiger charge is 2.66. The quantitative estimate of drug-likeness (QED) is 0.198. The molecule has 40 heavy (non-hydrogen) atoms. The minimum absolute atomic E-state index is 0.209. The molecule has 1 aliphatic rings. The van der Waals surface area contributed by atoms with Gasteiger partial charge in [-0.1, -0.05) is 81.1 Å².